The highest BCUT2D eigenvalue weighted by atomic mass is 31.2. The number of fused-ring (bicyclic) bond motifs is 6. The van der Waals surface area contributed by atoms with Crippen LogP contribution in [0.4, 0.5) is 0 Å². The molecule has 0 aromatic heterocycles. The van der Waals surface area contributed by atoms with Crippen molar-refractivity contribution in [3.05, 3.63) is 71.5 Å². The Morgan fingerprint density at radius 3 is 2.88 bits per heavy atom. The van der Waals surface area contributed by atoms with Gasteiger partial charge in [0.1, 0.15) is 11.5 Å². The molecule has 2 aromatic rings. The molecule has 1 N–H and O–H groups in total. The summed E-state index contributed by atoms with van der Waals surface area (Å²) in [6.07, 6.45) is 7.02. The van der Waals surface area contributed by atoms with Crippen molar-refractivity contribution in [3.8, 4) is 5.75 Å². The average Bonchev–Trinajstić information content (AvgIpc) is 2.96. The molecule has 0 spiro atoms. The summed E-state index contributed by atoms with van der Waals surface area (Å²) in [4.78, 5) is 10.1. The van der Waals surface area contributed by atoms with Crippen LogP contribution < -0.4 is 4.52 Å². The summed E-state index contributed by atoms with van der Waals surface area (Å²) < 4.78 is 23.1. The van der Waals surface area contributed by atoms with Crippen LogP contribution in [0.1, 0.15) is 18.9 Å². The molecule has 0 saturated heterocycles. The molecular weight excluding hydrogens is 323 g/mol. The van der Waals surface area contributed by atoms with E-state index in [1.54, 1.807) is 6.07 Å². The van der Waals surface area contributed by atoms with Crippen LogP contribution in [0.5, 0.6) is 5.75 Å². The molecule has 2 aromatic carbocycles. The zero-order valence-electron chi connectivity index (χ0n) is 13.0. The van der Waals surface area contributed by atoms with E-state index in [1.165, 1.54) is 0 Å². The molecule has 0 saturated carbocycles. The quantitative estimate of drug-likeness (QED) is 0.689. The van der Waals surface area contributed by atoms with Crippen LogP contribution in [-0.4, -0.2) is 4.89 Å². The van der Waals surface area contributed by atoms with Crippen LogP contribution >= 0.6 is 7.82 Å². The van der Waals surface area contributed by atoms with Crippen molar-refractivity contribution in [1.29, 1.82) is 0 Å². The Morgan fingerprint density at radius 1 is 1.17 bits per heavy atom. The average molecular weight is 338 g/mol. The molecule has 0 bridgehead atoms. The van der Waals surface area contributed by atoms with Crippen molar-refractivity contribution >= 4 is 24.2 Å². The van der Waals surface area contributed by atoms with Gasteiger partial charge in [0.15, 0.2) is 0 Å². The number of benzene rings is 2. The van der Waals surface area contributed by atoms with Gasteiger partial charge in [0, 0.05) is 16.6 Å². The molecule has 2 atom stereocenters. The highest BCUT2D eigenvalue weighted by Gasteiger charge is 2.44. The molecule has 1 heterocycles. The number of rotatable bonds is 0. The standard InChI is InChI=1S/C19H15O4P/c1-19-10-4-7-14(19)18-16(11-19)23-24(20,21)22-15-9-8-12-5-2-3-6-13(12)17(15)18/h2-9,11H,10H2,1H3,(H,20,21). The summed E-state index contributed by atoms with van der Waals surface area (Å²) >= 11 is 0. The summed E-state index contributed by atoms with van der Waals surface area (Å²) in [5.74, 6) is 0.827. The predicted octanol–water partition coefficient (Wildman–Crippen LogP) is 4.97. The van der Waals surface area contributed by atoms with Crippen LogP contribution in [0.25, 0.3) is 16.3 Å². The molecule has 4 nitrogen and oxygen atoms in total. The van der Waals surface area contributed by atoms with Gasteiger partial charge in [-0.1, -0.05) is 49.4 Å². The maximum Gasteiger partial charge on any atom is 0.584 e. The van der Waals surface area contributed by atoms with Crippen LogP contribution in [0.3, 0.4) is 0 Å². The SMILES string of the molecule is CC12C=C3OP(=O)(O)Oc4ccc5ccccc5c4C3=C1C=CC2. The molecule has 0 amide bonds. The van der Waals surface area contributed by atoms with Crippen molar-refractivity contribution in [3.63, 3.8) is 0 Å². The minimum absolute atomic E-state index is 0.198. The molecule has 2 unspecified atom stereocenters. The zero-order chi connectivity index (χ0) is 16.5. The second-order valence-corrected chi connectivity index (χ2v) is 7.93. The first-order valence-electron chi connectivity index (χ1n) is 7.86. The van der Waals surface area contributed by atoms with Crippen molar-refractivity contribution in [1.82, 2.24) is 0 Å². The van der Waals surface area contributed by atoms with E-state index in [4.69, 9.17) is 9.05 Å². The summed E-state index contributed by atoms with van der Waals surface area (Å²) in [5.41, 5.74) is 2.61. The summed E-state index contributed by atoms with van der Waals surface area (Å²) in [6, 6.07) is 11.6. The molecule has 5 heteroatoms. The molecule has 0 radical (unpaired) electrons. The van der Waals surface area contributed by atoms with E-state index in [0.717, 1.165) is 33.9 Å². The van der Waals surface area contributed by atoms with Gasteiger partial charge in [-0.05, 0) is 34.9 Å². The third-order valence-electron chi connectivity index (χ3n) is 4.98. The maximum absolute atomic E-state index is 12.3. The Balaban J connectivity index is 1.94. The van der Waals surface area contributed by atoms with Crippen LogP contribution in [0.2, 0.25) is 0 Å². The molecule has 5 rings (SSSR count). The molecule has 3 aliphatic rings. The lowest BCUT2D eigenvalue weighted by molar-refractivity contribution is 0.259. The van der Waals surface area contributed by atoms with Gasteiger partial charge < -0.3 is 9.05 Å². The molecule has 24 heavy (non-hydrogen) atoms. The molecule has 2 aliphatic carbocycles. The first-order valence-corrected chi connectivity index (χ1v) is 9.35. The number of phosphoric ester groups is 1. The first kappa shape index (κ1) is 14.1. The molecule has 0 fully saturated rings. The van der Waals surface area contributed by atoms with Gasteiger partial charge in [0.2, 0.25) is 0 Å². The van der Waals surface area contributed by atoms with Crippen molar-refractivity contribution in [2.24, 2.45) is 5.41 Å². The van der Waals surface area contributed by atoms with Crippen LogP contribution in [-0.2, 0) is 9.09 Å². The van der Waals surface area contributed by atoms with Gasteiger partial charge in [0.25, 0.3) is 0 Å². The number of hydrogen-bond donors (Lipinski definition) is 1. The van der Waals surface area contributed by atoms with Crippen molar-refractivity contribution in [2.45, 2.75) is 13.3 Å². The Bertz CT molecular complexity index is 1050. The van der Waals surface area contributed by atoms with E-state index in [2.05, 4.69) is 19.1 Å². The molecule has 120 valence electrons. The van der Waals surface area contributed by atoms with Crippen LogP contribution in [0, 0.1) is 5.41 Å². The Hall–Kier alpha value is -2.29. The monoisotopic (exact) mass is 338 g/mol. The van der Waals surface area contributed by atoms with Crippen molar-refractivity contribution < 1.29 is 18.5 Å². The lowest BCUT2D eigenvalue weighted by atomic mass is 9.84. The summed E-state index contributed by atoms with van der Waals surface area (Å²) in [7, 11) is -4.21. The minimum Gasteiger partial charge on any atom is -0.395 e. The maximum atomic E-state index is 12.3. The second kappa shape index (κ2) is 4.41. The fourth-order valence-electron chi connectivity index (χ4n) is 3.90. The number of hydrogen-bond acceptors (Lipinski definition) is 3. The van der Waals surface area contributed by atoms with E-state index in [1.807, 2.05) is 36.4 Å². The van der Waals surface area contributed by atoms with Gasteiger partial charge in [-0.3, -0.25) is 4.89 Å². The minimum atomic E-state index is -4.21. The Kier molecular flexibility index (Phi) is 2.59. The summed E-state index contributed by atoms with van der Waals surface area (Å²) in [6.45, 7) is 2.12. The number of phosphoric acid groups is 1. The number of allylic oxidation sites excluding steroid dienone is 5. The highest BCUT2D eigenvalue weighted by molar-refractivity contribution is 7.48. The second-order valence-electron chi connectivity index (χ2n) is 6.63. The van der Waals surface area contributed by atoms with E-state index >= 15 is 0 Å². The van der Waals surface area contributed by atoms with Crippen LogP contribution in [0.15, 0.2) is 66.0 Å². The third kappa shape index (κ3) is 1.81. The van der Waals surface area contributed by atoms with Gasteiger partial charge in [-0.25, -0.2) is 4.57 Å². The third-order valence-corrected chi connectivity index (χ3v) is 5.83. The van der Waals surface area contributed by atoms with E-state index in [9.17, 15) is 9.46 Å². The lowest BCUT2D eigenvalue weighted by Crippen LogP contribution is -2.08. The van der Waals surface area contributed by atoms with E-state index in [-0.39, 0.29) is 5.41 Å². The van der Waals surface area contributed by atoms with E-state index in [0.29, 0.717) is 11.5 Å². The molecular formula is C19H15O4P. The smallest absolute Gasteiger partial charge is 0.395 e. The van der Waals surface area contributed by atoms with Gasteiger partial charge >= 0.3 is 7.82 Å². The fourth-order valence-corrected chi connectivity index (χ4v) is 4.73. The lowest BCUT2D eigenvalue weighted by Gasteiger charge is -2.19. The summed E-state index contributed by atoms with van der Waals surface area (Å²) in [5, 5.41) is 2.04. The Morgan fingerprint density at radius 2 is 2.00 bits per heavy atom. The predicted molar refractivity (Wildman–Crippen MR) is 92.4 cm³/mol. The van der Waals surface area contributed by atoms with E-state index < -0.39 is 7.82 Å². The Labute approximate surface area is 139 Å². The fraction of sp³-hybridized carbons (Fsp3) is 0.158. The zero-order valence-corrected chi connectivity index (χ0v) is 13.9. The first-order chi connectivity index (χ1) is 11.5. The van der Waals surface area contributed by atoms with Gasteiger partial charge in [-0.15, -0.1) is 0 Å². The largest absolute Gasteiger partial charge is 0.584 e. The topological polar surface area (TPSA) is 55.8 Å². The van der Waals surface area contributed by atoms with Gasteiger partial charge in [0.05, 0.1) is 0 Å². The molecule has 1 aliphatic heterocycles. The normalized spacial score (nSPS) is 30.2. The van der Waals surface area contributed by atoms with Gasteiger partial charge in [-0.2, -0.15) is 0 Å². The highest BCUT2D eigenvalue weighted by Crippen LogP contribution is 2.61. The van der Waals surface area contributed by atoms with Crippen molar-refractivity contribution in [2.75, 3.05) is 0 Å².